The number of likely N-dealkylation sites (N-methyl/N-ethyl adjacent to an activating group) is 1. The Kier molecular flexibility index (Phi) is 6.29. The summed E-state index contributed by atoms with van der Waals surface area (Å²) in [5.74, 6) is 0.0164. The van der Waals surface area contributed by atoms with Crippen LogP contribution in [0.4, 0.5) is 0 Å². The summed E-state index contributed by atoms with van der Waals surface area (Å²) >= 11 is 7.99. The monoisotopic (exact) mass is 391 g/mol. The maximum Gasteiger partial charge on any atom is 0.246 e. The summed E-state index contributed by atoms with van der Waals surface area (Å²) in [6.07, 6.45) is 3.40. The van der Waals surface area contributed by atoms with Gasteiger partial charge in [0.2, 0.25) is 11.8 Å². The molecule has 5 nitrogen and oxygen atoms in total. The van der Waals surface area contributed by atoms with E-state index in [4.69, 9.17) is 11.6 Å². The van der Waals surface area contributed by atoms with Crippen molar-refractivity contribution in [3.8, 4) is 0 Å². The van der Waals surface area contributed by atoms with Gasteiger partial charge in [0.15, 0.2) is 0 Å². The van der Waals surface area contributed by atoms with Crippen molar-refractivity contribution in [2.24, 2.45) is 0 Å². The van der Waals surface area contributed by atoms with E-state index in [9.17, 15) is 9.59 Å². The van der Waals surface area contributed by atoms with E-state index < -0.39 is 0 Å². The molecule has 1 fully saturated rings. The lowest BCUT2D eigenvalue weighted by atomic mass is 10.2. The van der Waals surface area contributed by atoms with Crippen molar-refractivity contribution < 1.29 is 9.59 Å². The molecule has 1 aliphatic rings. The first kappa shape index (κ1) is 18.9. The molecule has 0 aliphatic carbocycles. The number of benzene rings is 1. The number of hydrogen-bond donors (Lipinski definition) is 1. The highest BCUT2D eigenvalue weighted by Crippen LogP contribution is 2.35. The predicted octanol–water partition coefficient (Wildman–Crippen LogP) is 2.85. The van der Waals surface area contributed by atoms with Crippen LogP contribution in [0.5, 0.6) is 0 Å². The van der Waals surface area contributed by atoms with E-state index in [1.807, 2.05) is 36.1 Å². The Bertz CT molecular complexity index is 825. The molecule has 0 atom stereocenters. The molecule has 1 saturated heterocycles. The third-order valence-corrected chi connectivity index (χ3v) is 6.02. The van der Waals surface area contributed by atoms with Crippen LogP contribution in [-0.4, -0.2) is 60.9 Å². The highest BCUT2D eigenvalue weighted by Gasteiger charge is 2.21. The SMILES string of the molecule is CCNC(=O)CN1CCN(C(=O)/C=C/c2sc3ccccc3c2Cl)CC1. The van der Waals surface area contributed by atoms with Gasteiger partial charge in [0, 0.05) is 53.8 Å². The molecule has 0 spiro atoms. The summed E-state index contributed by atoms with van der Waals surface area (Å²) in [4.78, 5) is 28.8. The Morgan fingerprint density at radius 3 is 2.65 bits per heavy atom. The van der Waals surface area contributed by atoms with Crippen molar-refractivity contribution in [1.82, 2.24) is 15.1 Å². The van der Waals surface area contributed by atoms with Gasteiger partial charge in [0.05, 0.1) is 11.6 Å². The number of amides is 2. The molecule has 2 heterocycles. The fourth-order valence-corrected chi connectivity index (χ4v) is 4.37. The number of rotatable bonds is 5. The van der Waals surface area contributed by atoms with Crippen LogP contribution < -0.4 is 5.32 Å². The first-order chi connectivity index (χ1) is 12.6. The Labute approximate surface area is 162 Å². The van der Waals surface area contributed by atoms with E-state index in [-0.39, 0.29) is 11.8 Å². The molecule has 2 aromatic rings. The third kappa shape index (κ3) is 4.44. The molecule has 1 aromatic heterocycles. The molecular formula is C19H22ClN3O2S. The number of fused-ring (bicyclic) bond motifs is 1. The summed E-state index contributed by atoms with van der Waals surface area (Å²) in [7, 11) is 0. The molecule has 138 valence electrons. The van der Waals surface area contributed by atoms with E-state index in [1.54, 1.807) is 23.5 Å². The van der Waals surface area contributed by atoms with Crippen LogP contribution in [0.3, 0.4) is 0 Å². The van der Waals surface area contributed by atoms with Crippen molar-refractivity contribution in [1.29, 1.82) is 0 Å². The van der Waals surface area contributed by atoms with Crippen molar-refractivity contribution in [2.45, 2.75) is 6.92 Å². The van der Waals surface area contributed by atoms with Crippen LogP contribution in [-0.2, 0) is 9.59 Å². The Morgan fingerprint density at radius 2 is 1.96 bits per heavy atom. The molecule has 0 bridgehead atoms. The van der Waals surface area contributed by atoms with Crippen molar-refractivity contribution in [2.75, 3.05) is 39.3 Å². The van der Waals surface area contributed by atoms with Gasteiger partial charge in [0.25, 0.3) is 0 Å². The molecule has 7 heteroatoms. The number of piperazine rings is 1. The molecular weight excluding hydrogens is 370 g/mol. The number of thiophene rings is 1. The number of hydrogen-bond acceptors (Lipinski definition) is 4. The fraction of sp³-hybridized carbons (Fsp3) is 0.368. The second kappa shape index (κ2) is 8.66. The number of nitrogens with zero attached hydrogens (tertiary/aromatic N) is 2. The lowest BCUT2D eigenvalue weighted by molar-refractivity contribution is -0.128. The third-order valence-electron chi connectivity index (χ3n) is 4.36. The minimum atomic E-state index is -0.0174. The largest absolute Gasteiger partial charge is 0.355 e. The molecule has 0 radical (unpaired) electrons. The lowest BCUT2D eigenvalue weighted by Gasteiger charge is -2.33. The van der Waals surface area contributed by atoms with Gasteiger partial charge in [-0.2, -0.15) is 0 Å². The molecule has 3 rings (SSSR count). The Morgan fingerprint density at radius 1 is 1.23 bits per heavy atom. The zero-order valence-corrected chi connectivity index (χ0v) is 16.3. The standard InChI is InChI=1S/C19H22ClN3O2S/c1-2-21-17(24)13-22-9-11-23(12-10-22)18(25)8-7-16-19(20)14-5-3-4-6-15(14)26-16/h3-8H,2,9-13H2,1H3,(H,21,24)/b8-7+. The van der Waals surface area contributed by atoms with Crippen LogP contribution in [0.2, 0.25) is 5.02 Å². The van der Waals surface area contributed by atoms with Gasteiger partial charge >= 0.3 is 0 Å². The minimum absolute atomic E-state index is 0.0174. The zero-order valence-electron chi connectivity index (χ0n) is 14.7. The maximum absolute atomic E-state index is 12.4. The molecule has 1 aromatic carbocycles. The summed E-state index contributed by atoms with van der Waals surface area (Å²) in [5.41, 5.74) is 0. The lowest BCUT2D eigenvalue weighted by Crippen LogP contribution is -2.50. The summed E-state index contributed by atoms with van der Waals surface area (Å²) in [6, 6.07) is 7.95. The molecule has 1 N–H and O–H groups in total. The average molecular weight is 392 g/mol. The number of carbonyl (C=O) groups is 2. The quantitative estimate of drug-likeness (QED) is 0.797. The number of halogens is 1. The summed E-state index contributed by atoms with van der Waals surface area (Å²) in [5, 5.41) is 4.51. The maximum atomic E-state index is 12.4. The van der Waals surface area contributed by atoms with Crippen LogP contribution >= 0.6 is 22.9 Å². The first-order valence-corrected chi connectivity index (χ1v) is 9.91. The molecule has 0 saturated carbocycles. The van der Waals surface area contributed by atoms with Crippen molar-refractivity contribution >= 4 is 50.9 Å². The predicted molar refractivity (Wildman–Crippen MR) is 108 cm³/mol. The fourth-order valence-electron chi connectivity index (χ4n) is 2.98. The molecule has 2 amide bonds. The van der Waals surface area contributed by atoms with Crippen LogP contribution in [0, 0.1) is 0 Å². The smallest absolute Gasteiger partial charge is 0.246 e. The molecule has 0 unspecified atom stereocenters. The Balaban J connectivity index is 1.56. The minimum Gasteiger partial charge on any atom is -0.355 e. The average Bonchev–Trinajstić information content (AvgIpc) is 2.97. The van der Waals surface area contributed by atoms with Gasteiger partial charge in [-0.1, -0.05) is 29.8 Å². The van der Waals surface area contributed by atoms with E-state index in [2.05, 4.69) is 10.2 Å². The van der Waals surface area contributed by atoms with Crippen LogP contribution in [0.1, 0.15) is 11.8 Å². The first-order valence-electron chi connectivity index (χ1n) is 8.71. The van der Waals surface area contributed by atoms with Gasteiger partial charge in [-0.15, -0.1) is 11.3 Å². The number of carbonyl (C=O) groups excluding carboxylic acids is 2. The van der Waals surface area contributed by atoms with Gasteiger partial charge in [-0.25, -0.2) is 0 Å². The second-order valence-electron chi connectivity index (χ2n) is 6.16. The second-order valence-corrected chi connectivity index (χ2v) is 7.63. The van der Waals surface area contributed by atoms with Crippen molar-refractivity contribution in [3.05, 3.63) is 40.2 Å². The van der Waals surface area contributed by atoms with Crippen LogP contribution in [0.25, 0.3) is 16.2 Å². The van der Waals surface area contributed by atoms with Gasteiger partial charge < -0.3 is 10.2 Å². The zero-order chi connectivity index (χ0) is 18.5. The highest BCUT2D eigenvalue weighted by atomic mass is 35.5. The van der Waals surface area contributed by atoms with Crippen molar-refractivity contribution in [3.63, 3.8) is 0 Å². The molecule has 26 heavy (non-hydrogen) atoms. The highest BCUT2D eigenvalue weighted by molar-refractivity contribution is 7.20. The topological polar surface area (TPSA) is 52.7 Å². The van der Waals surface area contributed by atoms with Gasteiger partial charge in [0.1, 0.15) is 0 Å². The van der Waals surface area contributed by atoms with E-state index >= 15 is 0 Å². The van der Waals surface area contributed by atoms with E-state index in [1.165, 1.54) is 0 Å². The number of nitrogens with one attached hydrogen (secondary N) is 1. The Hall–Kier alpha value is -1.89. The normalized spacial score (nSPS) is 15.7. The van der Waals surface area contributed by atoms with E-state index in [0.717, 1.165) is 15.0 Å². The summed E-state index contributed by atoms with van der Waals surface area (Å²) < 4.78 is 1.11. The van der Waals surface area contributed by atoms with Gasteiger partial charge in [-0.3, -0.25) is 14.5 Å². The molecule has 1 aliphatic heterocycles. The van der Waals surface area contributed by atoms with Gasteiger partial charge in [-0.05, 0) is 19.1 Å². The van der Waals surface area contributed by atoms with Crippen LogP contribution in [0.15, 0.2) is 30.3 Å². The van der Waals surface area contributed by atoms with E-state index in [0.29, 0.717) is 44.3 Å². The summed E-state index contributed by atoms with van der Waals surface area (Å²) in [6.45, 7) is 5.61.